The van der Waals surface area contributed by atoms with E-state index >= 15 is 0 Å². The van der Waals surface area contributed by atoms with Crippen molar-refractivity contribution in [2.24, 2.45) is 0 Å². The number of nitriles is 1. The molecule has 0 aliphatic heterocycles. The molecule has 0 atom stereocenters. The molecule has 0 aliphatic rings. The molecular formula is C12H13NO3. The van der Waals surface area contributed by atoms with E-state index in [-0.39, 0.29) is 6.61 Å². The number of benzene rings is 1. The molecule has 0 radical (unpaired) electrons. The Labute approximate surface area is 94.4 Å². The highest BCUT2D eigenvalue weighted by Crippen LogP contribution is 2.04. The normalized spacial score (nSPS) is 9.50. The fourth-order valence-corrected chi connectivity index (χ4v) is 1.10. The van der Waals surface area contributed by atoms with Crippen molar-refractivity contribution in [3.05, 3.63) is 35.4 Å². The second kappa shape index (κ2) is 6.59. The van der Waals surface area contributed by atoms with Crippen LogP contribution in [0.15, 0.2) is 24.3 Å². The molecule has 0 amide bonds. The summed E-state index contributed by atoms with van der Waals surface area (Å²) in [4.78, 5) is 11.4. The van der Waals surface area contributed by atoms with E-state index < -0.39 is 5.97 Å². The molecule has 0 heterocycles. The van der Waals surface area contributed by atoms with Gasteiger partial charge in [0.2, 0.25) is 0 Å². The van der Waals surface area contributed by atoms with Crippen molar-refractivity contribution in [1.82, 2.24) is 0 Å². The van der Waals surface area contributed by atoms with Crippen LogP contribution in [-0.2, 0) is 9.47 Å². The zero-order valence-electron chi connectivity index (χ0n) is 9.10. The number of carbonyl (C=O) groups excluding carboxylic acids is 1. The third kappa shape index (κ3) is 3.71. The Bertz CT molecular complexity index is 378. The first kappa shape index (κ1) is 12.2. The molecule has 1 rings (SSSR count). The average Bonchev–Trinajstić information content (AvgIpc) is 2.34. The lowest BCUT2D eigenvalue weighted by Gasteiger charge is -2.04. The summed E-state index contributed by atoms with van der Waals surface area (Å²) in [6.45, 7) is 3.13. The third-order valence-electron chi connectivity index (χ3n) is 1.91. The Morgan fingerprint density at radius 3 is 2.56 bits per heavy atom. The van der Waals surface area contributed by atoms with Crippen LogP contribution in [0.1, 0.15) is 22.8 Å². The molecule has 16 heavy (non-hydrogen) atoms. The highest BCUT2D eigenvalue weighted by atomic mass is 16.6. The van der Waals surface area contributed by atoms with Crippen molar-refractivity contribution in [3.63, 3.8) is 0 Å². The average molecular weight is 219 g/mol. The Morgan fingerprint density at radius 2 is 2.00 bits per heavy atom. The number of carbonyl (C=O) groups is 1. The zero-order valence-corrected chi connectivity index (χ0v) is 9.10. The van der Waals surface area contributed by atoms with E-state index in [0.29, 0.717) is 24.3 Å². The van der Waals surface area contributed by atoms with Gasteiger partial charge in [0.05, 0.1) is 23.8 Å². The Kier molecular flexibility index (Phi) is 5.03. The predicted octanol–water partition coefficient (Wildman–Crippen LogP) is 1.75. The van der Waals surface area contributed by atoms with Gasteiger partial charge in [-0.1, -0.05) is 0 Å². The molecular weight excluding hydrogens is 206 g/mol. The SMILES string of the molecule is CCOCCOC(=O)c1ccc(C#N)cc1. The van der Waals surface area contributed by atoms with Gasteiger partial charge in [-0.15, -0.1) is 0 Å². The molecule has 4 heteroatoms. The smallest absolute Gasteiger partial charge is 0.338 e. The maximum atomic E-state index is 11.4. The van der Waals surface area contributed by atoms with E-state index in [1.807, 2.05) is 13.0 Å². The standard InChI is InChI=1S/C12H13NO3/c1-2-15-7-8-16-12(14)11-5-3-10(9-13)4-6-11/h3-6H,2,7-8H2,1H3. The molecule has 0 N–H and O–H groups in total. The number of ether oxygens (including phenoxy) is 2. The van der Waals surface area contributed by atoms with Crippen LogP contribution in [0.4, 0.5) is 0 Å². The summed E-state index contributed by atoms with van der Waals surface area (Å²) in [5.41, 5.74) is 0.960. The summed E-state index contributed by atoms with van der Waals surface area (Å²) in [6, 6.07) is 8.29. The fourth-order valence-electron chi connectivity index (χ4n) is 1.10. The highest BCUT2D eigenvalue weighted by molar-refractivity contribution is 5.89. The largest absolute Gasteiger partial charge is 0.460 e. The minimum Gasteiger partial charge on any atom is -0.460 e. The van der Waals surface area contributed by atoms with Crippen LogP contribution in [0.2, 0.25) is 0 Å². The summed E-state index contributed by atoms with van der Waals surface area (Å²) in [7, 11) is 0. The maximum absolute atomic E-state index is 11.4. The van der Waals surface area contributed by atoms with Crippen molar-refractivity contribution in [2.45, 2.75) is 6.92 Å². The lowest BCUT2D eigenvalue weighted by Crippen LogP contribution is -2.10. The van der Waals surface area contributed by atoms with Gasteiger partial charge in [0.25, 0.3) is 0 Å². The summed E-state index contributed by atoms with van der Waals surface area (Å²) in [5, 5.41) is 8.58. The highest BCUT2D eigenvalue weighted by Gasteiger charge is 2.06. The lowest BCUT2D eigenvalue weighted by molar-refractivity contribution is 0.0335. The zero-order chi connectivity index (χ0) is 11.8. The number of hydrogen-bond donors (Lipinski definition) is 0. The van der Waals surface area contributed by atoms with E-state index in [1.165, 1.54) is 0 Å². The Hall–Kier alpha value is -1.86. The number of hydrogen-bond acceptors (Lipinski definition) is 4. The first-order valence-electron chi connectivity index (χ1n) is 5.03. The third-order valence-corrected chi connectivity index (χ3v) is 1.91. The van der Waals surface area contributed by atoms with Crippen LogP contribution < -0.4 is 0 Å². The van der Waals surface area contributed by atoms with E-state index in [2.05, 4.69) is 0 Å². The molecule has 0 spiro atoms. The van der Waals surface area contributed by atoms with Crippen LogP contribution >= 0.6 is 0 Å². The number of nitrogens with zero attached hydrogens (tertiary/aromatic N) is 1. The van der Waals surface area contributed by atoms with Gasteiger partial charge in [0.1, 0.15) is 6.61 Å². The fraction of sp³-hybridized carbons (Fsp3) is 0.333. The van der Waals surface area contributed by atoms with Crippen LogP contribution in [0.25, 0.3) is 0 Å². The molecule has 0 fully saturated rings. The van der Waals surface area contributed by atoms with Crippen LogP contribution in [0.5, 0.6) is 0 Å². The topological polar surface area (TPSA) is 59.3 Å². The number of esters is 1. The molecule has 1 aromatic rings. The Morgan fingerprint density at radius 1 is 1.31 bits per heavy atom. The molecule has 0 saturated carbocycles. The maximum Gasteiger partial charge on any atom is 0.338 e. The van der Waals surface area contributed by atoms with Crippen LogP contribution in [0.3, 0.4) is 0 Å². The van der Waals surface area contributed by atoms with Crippen molar-refractivity contribution in [3.8, 4) is 6.07 Å². The van der Waals surface area contributed by atoms with Crippen LogP contribution in [-0.4, -0.2) is 25.8 Å². The molecule has 4 nitrogen and oxygen atoms in total. The van der Waals surface area contributed by atoms with Gasteiger partial charge < -0.3 is 9.47 Å². The van der Waals surface area contributed by atoms with Crippen molar-refractivity contribution >= 4 is 5.97 Å². The second-order valence-corrected chi connectivity index (χ2v) is 3.02. The first-order chi connectivity index (χ1) is 7.77. The van der Waals surface area contributed by atoms with Crippen molar-refractivity contribution in [1.29, 1.82) is 5.26 Å². The van der Waals surface area contributed by atoms with Gasteiger partial charge in [0, 0.05) is 6.61 Å². The minimum absolute atomic E-state index is 0.243. The molecule has 0 unspecified atom stereocenters. The van der Waals surface area contributed by atoms with Gasteiger partial charge in [0.15, 0.2) is 0 Å². The Balaban J connectivity index is 2.44. The number of rotatable bonds is 5. The molecule has 0 aliphatic carbocycles. The van der Waals surface area contributed by atoms with Gasteiger partial charge in [-0.2, -0.15) is 5.26 Å². The van der Waals surface area contributed by atoms with E-state index in [1.54, 1.807) is 24.3 Å². The summed E-state index contributed by atoms with van der Waals surface area (Å²) < 4.78 is 9.99. The monoisotopic (exact) mass is 219 g/mol. The summed E-state index contributed by atoms with van der Waals surface area (Å²) in [6.07, 6.45) is 0. The van der Waals surface area contributed by atoms with Gasteiger partial charge in [-0.3, -0.25) is 0 Å². The molecule has 0 saturated heterocycles. The first-order valence-corrected chi connectivity index (χ1v) is 5.03. The van der Waals surface area contributed by atoms with E-state index in [9.17, 15) is 4.79 Å². The quantitative estimate of drug-likeness (QED) is 0.559. The van der Waals surface area contributed by atoms with Crippen LogP contribution in [0, 0.1) is 11.3 Å². The summed E-state index contributed by atoms with van der Waals surface area (Å²) >= 11 is 0. The van der Waals surface area contributed by atoms with E-state index in [0.717, 1.165) is 0 Å². The van der Waals surface area contributed by atoms with E-state index in [4.69, 9.17) is 14.7 Å². The molecule has 0 aromatic heterocycles. The van der Waals surface area contributed by atoms with Crippen molar-refractivity contribution in [2.75, 3.05) is 19.8 Å². The molecule has 1 aromatic carbocycles. The predicted molar refractivity (Wildman–Crippen MR) is 57.9 cm³/mol. The minimum atomic E-state index is -0.399. The second-order valence-electron chi connectivity index (χ2n) is 3.02. The van der Waals surface area contributed by atoms with Crippen molar-refractivity contribution < 1.29 is 14.3 Å². The molecule has 84 valence electrons. The van der Waals surface area contributed by atoms with Gasteiger partial charge >= 0.3 is 5.97 Å². The van der Waals surface area contributed by atoms with Gasteiger partial charge in [-0.25, -0.2) is 4.79 Å². The molecule has 0 bridgehead atoms. The summed E-state index contributed by atoms with van der Waals surface area (Å²) in [5.74, 6) is -0.399. The van der Waals surface area contributed by atoms with Gasteiger partial charge in [-0.05, 0) is 31.2 Å². The lowest BCUT2D eigenvalue weighted by atomic mass is 10.1.